The SMILES string of the molecule is Brc1c(-c2ccccc2)nc2c(ccc3ccccc32)c1-c1ccccc1. The monoisotopic (exact) mass is 409 g/mol. The molecule has 27 heavy (non-hydrogen) atoms. The number of fused-ring (bicyclic) bond motifs is 3. The first kappa shape index (κ1) is 16.2. The molecule has 0 aliphatic heterocycles. The van der Waals surface area contributed by atoms with Crippen molar-refractivity contribution in [3.05, 3.63) is 102 Å². The Kier molecular flexibility index (Phi) is 3.99. The van der Waals surface area contributed by atoms with Crippen molar-refractivity contribution in [1.82, 2.24) is 4.98 Å². The second kappa shape index (κ2) is 6.64. The lowest BCUT2D eigenvalue weighted by Crippen LogP contribution is -1.93. The molecule has 0 saturated heterocycles. The molecule has 0 unspecified atom stereocenters. The van der Waals surface area contributed by atoms with Gasteiger partial charge in [0.2, 0.25) is 0 Å². The number of pyridine rings is 1. The van der Waals surface area contributed by atoms with E-state index in [1.807, 2.05) is 12.1 Å². The van der Waals surface area contributed by atoms with Gasteiger partial charge in [0.1, 0.15) is 0 Å². The highest BCUT2D eigenvalue weighted by atomic mass is 79.9. The average Bonchev–Trinajstić information content (AvgIpc) is 2.74. The van der Waals surface area contributed by atoms with Crippen molar-refractivity contribution in [3.8, 4) is 22.4 Å². The van der Waals surface area contributed by atoms with Gasteiger partial charge in [0, 0.05) is 21.9 Å². The Morgan fingerprint density at radius 3 is 1.93 bits per heavy atom. The Balaban J connectivity index is 1.97. The summed E-state index contributed by atoms with van der Waals surface area (Å²) in [5.41, 5.74) is 5.48. The van der Waals surface area contributed by atoms with Crippen LogP contribution in [0.3, 0.4) is 0 Å². The van der Waals surface area contributed by atoms with Crippen LogP contribution in [0.25, 0.3) is 44.1 Å². The van der Waals surface area contributed by atoms with Crippen LogP contribution in [-0.4, -0.2) is 4.98 Å². The van der Waals surface area contributed by atoms with E-state index >= 15 is 0 Å². The highest BCUT2D eigenvalue weighted by Crippen LogP contribution is 2.42. The Labute approximate surface area is 166 Å². The highest BCUT2D eigenvalue weighted by Gasteiger charge is 2.17. The summed E-state index contributed by atoms with van der Waals surface area (Å²) in [5, 5.41) is 3.54. The molecule has 0 saturated carbocycles. The standard InChI is InChI=1S/C25H16BrN/c26-23-22(18-10-3-1-4-11-18)21-16-15-17-9-7-8-14-20(17)25(21)27-24(23)19-12-5-2-6-13-19/h1-16H. The second-order valence-electron chi connectivity index (χ2n) is 6.56. The third-order valence-electron chi connectivity index (χ3n) is 4.93. The Hall–Kier alpha value is -2.97. The van der Waals surface area contributed by atoms with Crippen LogP contribution in [0.4, 0.5) is 0 Å². The lowest BCUT2D eigenvalue weighted by Gasteiger charge is -2.15. The molecule has 2 heteroatoms. The maximum Gasteiger partial charge on any atom is 0.0858 e. The first-order valence-corrected chi connectivity index (χ1v) is 9.74. The molecule has 0 aliphatic rings. The third kappa shape index (κ3) is 2.73. The van der Waals surface area contributed by atoms with Crippen LogP contribution in [-0.2, 0) is 0 Å². The maximum absolute atomic E-state index is 5.11. The molecular weight excluding hydrogens is 394 g/mol. The Morgan fingerprint density at radius 1 is 0.556 bits per heavy atom. The summed E-state index contributed by atoms with van der Waals surface area (Å²) in [6.07, 6.45) is 0. The molecule has 5 rings (SSSR count). The maximum atomic E-state index is 5.11. The molecule has 128 valence electrons. The largest absolute Gasteiger partial charge is 0.246 e. The molecule has 0 N–H and O–H groups in total. The number of halogens is 1. The van der Waals surface area contributed by atoms with Gasteiger partial charge in [-0.3, -0.25) is 0 Å². The van der Waals surface area contributed by atoms with Crippen LogP contribution in [0.5, 0.6) is 0 Å². The summed E-state index contributed by atoms with van der Waals surface area (Å²) in [6, 6.07) is 33.7. The molecule has 0 aliphatic carbocycles. The molecular formula is C25H16BrN. The fourth-order valence-corrected chi connectivity index (χ4v) is 4.41. The molecule has 1 aromatic heterocycles. The smallest absolute Gasteiger partial charge is 0.0858 e. The predicted octanol–water partition coefficient (Wildman–Crippen LogP) is 7.48. The van der Waals surface area contributed by atoms with E-state index in [0.29, 0.717) is 0 Å². The molecule has 0 amide bonds. The number of hydrogen-bond acceptors (Lipinski definition) is 1. The number of aromatic nitrogens is 1. The Morgan fingerprint density at radius 2 is 1.19 bits per heavy atom. The van der Waals surface area contributed by atoms with E-state index in [0.717, 1.165) is 26.6 Å². The minimum Gasteiger partial charge on any atom is -0.246 e. The van der Waals surface area contributed by atoms with E-state index < -0.39 is 0 Å². The van der Waals surface area contributed by atoms with E-state index in [4.69, 9.17) is 4.98 Å². The Bertz CT molecular complexity index is 1260. The van der Waals surface area contributed by atoms with Gasteiger partial charge in [-0.2, -0.15) is 0 Å². The summed E-state index contributed by atoms with van der Waals surface area (Å²) in [7, 11) is 0. The first-order valence-electron chi connectivity index (χ1n) is 8.95. The van der Waals surface area contributed by atoms with Crippen LogP contribution >= 0.6 is 15.9 Å². The molecule has 4 aromatic carbocycles. The van der Waals surface area contributed by atoms with Crippen molar-refractivity contribution in [3.63, 3.8) is 0 Å². The van der Waals surface area contributed by atoms with Gasteiger partial charge < -0.3 is 0 Å². The molecule has 5 aromatic rings. The fourth-order valence-electron chi connectivity index (χ4n) is 3.65. The van der Waals surface area contributed by atoms with Gasteiger partial charge in [0.25, 0.3) is 0 Å². The van der Waals surface area contributed by atoms with Crippen molar-refractivity contribution in [1.29, 1.82) is 0 Å². The molecule has 1 nitrogen and oxygen atoms in total. The highest BCUT2D eigenvalue weighted by molar-refractivity contribution is 9.10. The van der Waals surface area contributed by atoms with Crippen LogP contribution in [0, 0.1) is 0 Å². The zero-order valence-electron chi connectivity index (χ0n) is 14.6. The average molecular weight is 410 g/mol. The summed E-state index contributed by atoms with van der Waals surface area (Å²) >= 11 is 3.88. The predicted molar refractivity (Wildman–Crippen MR) is 118 cm³/mol. The lowest BCUT2D eigenvalue weighted by atomic mass is 9.96. The van der Waals surface area contributed by atoms with E-state index in [-0.39, 0.29) is 0 Å². The van der Waals surface area contributed by atoms with Crippen molar-refractivity contribution < 1.29 is 0 Å². The summed E-state index contributed by atoms with van der Waals surface area (Å²) < 4.78 is 1.03. The van der Waals surface area contributed by atoms with E-state index in [2.05, 4.69) is 101 Å². The number of hydrogen-bond donors (Lipinski definition) is 0. The van der Waals surface area contributed by atoms with Crippen molar-refractivity contribution >= 4 is 37.6 Å². The molecule has 0 radical (unpaired) electrons. The molecule has 1 heterocycles. The fraction of sp³-hybridized carbons (Fsp3) is 0. The van der Waals surface area contributed by atoms with Gasteiger partial charge >= 0.3 is 0 Å². The molecule has 0 bridgehead atoms. The number of rotatable bonds is 2. The van der Waals surface area contributed by atoms with Crippen LogP contribution in [0.2, 0.25) is 0 Å². The zero-order chi connectivity index (χ0) is 18.2. The minimum absolute atomic E-state index is 0.971. The normalized spacial score (nSPS) is 11.1. The first-order chi connectivity index (χ1) is 13.3. The lowest BCUT2D eigenvalue weighted by molar-refractivity contribution is 1.39. The van der Waals surface area contributed by atoms with Crippen molar-refractivity contribution in [2.75, 3.05) is 0 Å². The van der Waals surface area contributed by atoms with E-state index in [1.54, 1.807) is 0 Å². The van der Waals surface area contributed by atoms with Crippen LogP contribution < -0.4 is 0 Å². The summed E-state index contributed by atoms with van der Waals surface area (Å²) in [6.45, 7) is 0. The topological polar surface area (TPSA) is 12.9 Å². The molecule has 0 fully saturated rings. The number of benzene rings is 4. The van der Waals surface area contributed by atoms with Gasteiger partial charge in [0.05, 0.1) is 15.7 Å². The van der Waals surface area contributed by atoms with Crippen molar-refractivity contribution in [2.24, 2.45) is 0 Å². The van der Waals surface area contributed by atoms with Crippen molar-refractivity contribution in [2.45, 2.75) is 0 Å². The molecule has 0 atom stereocenters. The van der Waals surface area contributed by atoms with Gasteiger partial charge in [0.15, 0.2) is 0 Å². The van der Waals surface area contributed by atoms with E-state index in [9.17, 15) is 0 Å². The third-order valence-corrected chi connectivity index (χ3v) is 5.70. The van der Waals surface area contributed by atoms with Gasteiger partial charge in [-0.05, 0) is 26.9 Å². The second-order valence-corrected chi connectivity index (χ2v) is 7.36. The number of nitrogens with zero attached hydrogens (tertiary/aromatic N) is 1. The van der Waals surface area contributed by atoms with Crippen LogP contribution in [0.1, 0.15) is 0 Å². The minimum atomic E-state index is 0.971. The van der Waals surface area contributed by atoms with Gasteiger partial charge in [-0.15, -0.1) is 0 Å². The zero-order valence-corrected chi connectivity index (χ0v) is 16.1. The van der Waals surface area contributed by atoms with Gasteiger partial charge in [-0.1, -0.05) is 97.1 Å². The van der Waals surface area contributed by atoms with E-state index in [1.165, 1.54) is 21.9 Å². The van der Waals surface area contributed by atoms with Crippen LogP contribution in [0.15, 0.2) is 102 Å². The molecule has 0 spiro atoms. The summed E-state index contributed by atoms with van der Waals surface area (Å²) in [4.78, 5) is 5.11. The van der Waals surface area contributed by atoms with Gasteiger partial charge in [-0.25, -0.2) is 4.98 Å². The summed E-state index contributed by atoms with van der Waals surface area (Å²) in [5.74, 6) is 0. The quantitative estimate of drug-likeness (QED) is 0.275.